The molecule has 1 aliphatic carbocycles. The number of hydrogen-bond donors (Lipinski definition) is 1. The summed E-state index contributed by atoms with van der Waals surface area (Å²) in [7, 11) is 3.28. The number of piperidine rings is 1. The average Bonchev–Trinajstić information content (AvgIpc) is 3.23. The first kappa shape index (κ1) is 16.3. The van der Waals surface area contributed by atoms with Crippen LogP contribution in [-0.2, 0) is 19.7 Å². The molecule has 0 radical (unpaired) electrons. The predicted octanol–water partition coefficient (Wildman–Crippen LogP) is 2.54. The van der Waals surface area contributed by atoms with Crippen molar-refractivity contribution in [2.75, 3.05) is 32.6 Å². The van der Waals surface area contributed by atoms with Crippen molar-refractivity contribution in [3.05, 3.63) is 41.1 Å². The van der Waals surface area contributed by atoms with Crippen LogP contribution in [0.4, 0.5) is 5.69 Å². The van der Waals surface area contributed by atoms with Crippen LogP contribution in [0.5, 0.6) is 0 Å². The lowest BCUT2D eigenvalue weighted by Gasteiger charge is -2.54. The Morgan fingerprint density at radius 2 is 2.12 bits per heavy atom. The summed E-state index contributed by atoms with van der Waals surface area (Å²) in [5.74, 6) is 0.292. The van der Waals surface area contributed by atoms with Gasteiger partial charge in [0.2, 0.25) is 0 Å². The summed E-state index contributed by atoms with van der Waals surface area (Å²) in [4.78, 5) is 15.5. The Kier molecular flexibility index (Phi) is 3.50. The molecule has 0 amide bonds. The quantitative estimate of drug-likeness (QED) is 0.846. The fourth-order valence-corrected chi connectivity index (χ4v) is 6.32. The molecule has 4 aliphatic rings. The van der Waals surface area contributed by atoms with Crippen molar-refractivity contribution in [3.8, 4) is 0 Å². The highest BCUT2D eigenvalue weighted by molar-refractivity contribution is 5.93. The summed E-state index contributed by atoms with van der Waals surface area (Å²) in [6.07, 6.45) is 2.12. The monoisotopic (exact) mass is 354 g/mol. The van der Waals surface area contributed by atoms with Crippen molar-refractivity contribution < 1.29 is 14.3 Å². The average molecular weight is 354 g/mol. The maximum absolute atomic E-state index is 12.9. The molecule has 5 rings (SSSR count). The topological polar surface area (TPSA) is 50.8 Å². The van der Waals surface area contributed by atoms with Crippen LogP contribution >= 0.6 is 0 Å². The van der Waals surface area contributed by atoms with E-state index in [-0.39, 0.29) is 23.4 Å². The molecule has 3 heterocycles. The fraction of sp³-hybridized carbons (Fsp3) is 0.571. The smallest absolute Gasteiger partial charge is 0.335 e. The molecule has 3 aliphatic heterocycles. The first-order valence-corrected chi connectivity index (χ1v) is 9.59. The molecule has 5 nitrogen and oxygen atoms in total. The number of nitrogens with zero attached hydrogens (tertiary/aromatic N) is 1. The molecule has 5 atom stereocenters. The number of ether oxygens (including phenoxy) is 2. The van der Waals surface area contributed by atoms with Crippen LogP contribution in [0.25, 0.3) is 0 Å². The van der Waals surface area contributed by atoms with Crippen molar-refractivity contribution in [3.63, 3.8) is 0 Å². The van der Waals surface area contributed by atoms with Crippen LogP contribution in [0.3, 0.4) is 0 Å². The molecule has 1 aromatic carbocycles. The molecule has 1 spiro atoms. The molecule has 2 fully saturated rings. The van der Waals surface area contributed by atoms with E-state index in [2.05, 4.69) is 41.4 Å². The third-order valence-corrected chi connectivity index (χ3v) is 7.32. The lowest BCUT2D eigenvalue weighted by Crippen LogP contribution is -2.61. The number of rotatable bonds is 3. The highest BCUT2D eigenvalue weighted by atomic mass is 16.5. The molecule has 1 aromatic rings. The highest BCUT2D eigenvalue weighted by Gasteiger charge is 2.65. The van der Waals surface area contributed by atoms with Gasteiger partial charge in [-0.2, -0.15) is 0 Å². The van der Waals surface area contributed by atoms with Crippen LogP contribution in [0.15, 0.2) is 35.5 Å². The van der Waals surface area contributed by atoms with E-state index in [1.807, 2.05) is 0 Å². The number of carbonyl (C=O) groups is 1. The Balaban J connectivity index is 1.81. The van der Waals surface area contributed by atoms with E-state index in [0.717, 1.165) is 42.9 Å². The minimum absolute atomic E-state index is 0.0942. The Labute approximate surface area is 154 Å². The largest absolute Gasteiger partial charge is 0.466 e. The second-order valence-corrected chi connectivity index (χ2v) is 8.07. The van der Waals surface area contributed by atoms with E-state index in [1.165, 1.54) is 12.7 Å². The van der Waals surface area contributed by atoms with E-state index in [0.29, 0.717) is 12.0 Å². The van der Waals surface area contributed by atoms with Crippen LogP contribution in [0.2, 0.25) is 0 Å². The van der Waals surface area contributed by atoms with Crippen molar-refractivity contribution >= 4 is 11.7 Å². The van der Waals surface area contributed by atoms with Gasteiger partial charge in [-0.3, -0.25) is 4.90 Å². The van der Waals surface area contributed by atoms with Gasteiger partial charge in [-0.1, -0.05) is 18.2 Å². The number of esters is 1. The Morgan fingerprint density at radius 3 is 2.88 bits per heavy atom. The molecule has 0 aromatic heterocycles. The van der Waals surface area contributed by atoms with Gasteiger partial charge in [0.05, 0.1) is 24.2 Å². The summed E-state index contributed by atoms with van der Waals surface area (Å²) in [6.45, 7) is 4.26. The molecular formula is C21H26N2O3. The number of para-hydroxylation sites is 1. The Hall–Kier alpha value is -1.85. The van der Waals surface area contributed by atoms with Gasteiger partial charge in [0, 0.05) is 36.4 Å². The van der Waals surface area contributed by atoms with Crippen molar-refractivity contribution in [1.82, 2.24) is 4.90 Å². The van der Waals surface area contributed by atoms with E-state index in [4.69, 9.17) is 9.47 Å². The number of anilines is 1. The van der Waals surface area contributed by atoms with E-state index in [1.54, 1.807) is 7.11 Å². The molecule has 0 saturated carbocycles. The van der Waals surface area contributed by atoms with Gasteiger partial charge in [-0.25, -0.2) is 4.79 Å². The van der Waals surface area contributed by atoms with Crippen LogP contribution in [0, 0.1) is 11.8 Å². The first-order chi connectivity index (χ1) is 12.6. The van der Waals surface area contributed by atoms with Crippen molar-refractivity contribution in [1.29, 1.82) is 0 Å². The number of methoxy groups -OCH3 is 2. The third-order valence-electron chi connectivity index (χ3n) is 7.32. The van der Waals surface area contributed by atoms with E-state index in [9.17, 15) is 4.79 Å². The minimum atomic E-state index is -0.184. The van der Waals surface area contributed by atoms with Crippen LogP contribution in [-0.4, -0.2) is 50.3 Å². The van der Waals surface area contributed by atoms with Crippen LogP contribution < -0.4 is 5.32 Å². The summed E-state index contributed by atoms with van der Waals surface area (Å²) in [5.41, 5.74) is 4.28. The van der Waals surface area contributed by atoms with Crippen LogP contribution in [0.1, 0.15) is 25.3 Å². The summed E-state index contributed by atoms with van der Waals surface area (Å²) in [5, 5.41) is 3.64. The zero-order valence-corrected chi connectivity index (χ0v) is 15.6. The third kappa shape index (κ3) is 1.80. The zero-order valence-electron chi connectivity index (χ0n) is 15.6. The van der Waals surface area contributed by atoms with Crippen molar-refractivity contribution in [2.45, 2.75) is 37.3 Å². The number of nitrogens with one attached hydrogen (secondary N) is 1. The number of benzene rings is 1. The number of fused-ring (bicyclic) bond motifs is 2. The van der Waals surface area contributed by atoms with Gasteiger partial charge in [-0.05, 0) is 44.5 Å². The molecule has 0 unspecified atom stereocenters. The molecule has 2 saturated heterocycles. The molecule has 2 bridgehead atoms. The summed E-state index contributed by atoms with van der Waals surface area (Å²) in [6, 6.07) is 8.91. The maximum atomic E-state index is 12.9. The van der Waals surface area contributed by atoms with Gasteiger partial charge in [0.15, 0.2) is 0 Å². The second kappa shape index (κ2) is 5.57. The molecular weight excluding hydrogens is 328 g/mol. The van der Waals surface area contributed by atoms with Gasteiger partial charge < -0.3 is 14.8 Å². The predicted molar refractivity (Wildman–Crippen MR) is 98.8 cm³/mol. The molecule has 138 valence electrons. The zero-order chi connectivity index (χ0) is 18.1. The normalized spacial score (nSPS) is 35.6. The summed E-state index contributed by atoms with van der Waals surface area (Å²) < 4.78 is 11.1. The van der Waals surface area contributed by atoms with Gasteiger partial charge in [-0.15, -0.1) is 0 Å². The fourth-order valence-electron chi connectivity index (χ4n) is 6.32. The molecule has 1 N–H and O–H groups in total. The highest BCUT2D eigenvalue weighted by Crippen LogP contribution is 2.62. The van der Waals surface area contributed by atoms with Gasteiger partial charge >= 0.3 is 5.97 Å². The van der Waals surface area contributed by atoms with Crippen molar-refractivity contribution in [2.24, 2.45) is 11.8 Å². The lowest BCUT2D eigenvalue weighted by molar-refractivity contribution is -0.138. The number of carbonyl (C=O) groups excluding carboxylic acids is 1. The van der Waals surface area contributed by atoms with Gasteiger partial charge in [0.25, 0.3) is 0 Å². The lowest BCUT2D eigenvalue weighted by atomic mass is 9.57. The van der Waals surface area contributed by atoms with E-state index < -0.39 is 0 Å². The minimum Gasteiger partial charge on any atom is -0.466 e. The molecule has 5 heteroatoms. The number of hydrogen-bond acceptors (Lipinski definition) is 5. The first-order valence-electron chi connectivity index (χ1n) is 9.59. The van der Waals surface area contributed by atoms with Gasteiger partial charge in [0.1, 0.15) is 0 Å². The maximum Gasteiger partial charge on any atom is 0.335 e. The van der Waals surface area contributed by atoms with E-state index >= 15 is 0 Å². The Morgan fingerprint density at radius 1 is 1.31 bits per heavy atom. The molecule has 26 heavy (non-hydrogen) atoms. The standard InChI is InChI=1S/C21H26N2O3/c1-12(25-2)16-13-8-10-23-11-9-21(19(16)23)14-6-4-5-7-15(14)22-18(21)17(13)20(24)26-3/h4-7,12-13,16,19,22H,8-11H2,1-3H3/t12-,13-,16-,19+,21+/m0/s1. The summed E-state index contributed by atoms with van der Waals surface area (Å²) >= 11 is 0. The second-order valence-electron chi connectivity index (χ2n) is 8.07. The SMILES string of the molecule is COC(=O)C1=C2Nc3ccccc3[C@]23CCN2CC[C@H]1[C@H]([C@H](C)OC)[C@@H]23. The Bertz CT molecular complexity index is 804.